The molecule has 2 fully saturated rings. The number of alkyl halides is 2. The van der Waals surface area contributed by atoms with Crippen molar-refractivity contribution in [2.75, 3.05) is 33.4 Å². The summed E-state index contributed by atoms with van der Waals surface area (Å²) < 4.78 is 52.6. The lowest BCUT2D eigenvalue weighted by Gasteiger charge is -2.38. The first kappa shape index (κ1) is 33.3. The summed E-state index contributed by atoms with van der Waals surface area (Å²) in [7, 11) is 1.16. The van der Waals surface area contributed by atoms with Crippen LogP contribution in [-0.2, 0) is 14.3 Å². The lowest BCUT2D eigenvalue weighted by atomic mass is 10.1. The largest absolute Gasteiger partial charge is 0.489 e. The summed E-state index contributed by atoms with van der Waals surface area (Å²) in [6.45, 7) is 3.54. The van der Waals surface area contributed by atoms with E-state index in [0.29, 0.717) is 12.5 Å². The number of nitrogens with one attached hydrogen (secondary N) is 1. The fraction of sp³-hybridized carbons (Fsp3) is 0.552. The van der Waals surface area contributed by atoms with Gasteiger partial charge in [-0.1, -0.05) is 0 Å². The molecule has 14 nitrogen and oxygen atoms in total. The number of nitrogens with zero attached hydrogens (tertiary/aromatic N) is 3. The van der Waals surface area contributed by atoms with E-state index in [4.69, 9.17) is 24.4 Å². The molecule has 1 aliphatic carbocycles. The van der Waals surface area contributed by atoms with Gasteiger partial charge in [0.05, 0.1) is 26.3 Å². The molecule has 2 aromatic rings. The molecule has 2 heterocycles. The van der Waals surface area contributed by atoms with Gasteiger partial charge in [0.15, 0.2) is 23.0 Å². The number of amides is 4. The van der Waals surface area contributed by atoms with Gasteiger partial charge in [0.2, 0.25) is 11.8 Å². The predicted octanol–water partition coefficient (Wildman–Crippen LogP) is 3.70. The van der Waals surface area contributed by atoms with Crippen molar-refractivity contribution in [1.29, 1.82) is 0 Å². The van der Waals surface area contributed by atoms with Crippen LogP contribution in [0.5, 0.6) is 11.5 Å². The molecule has 1 aromatic carbocycles. The van der Waals surface area contributed by atoms with Crippen LogP contribution in [0.4, 0.5) is 18.4 Å². The molecule has 1 saturated heterocycles. The van der Waals surface area contributed by atoms with Gasteiger partial charge in [-0.05, 0) is 64.7 Å². The zero-order chi connectivity index (χ0) is 33.1. The molecular weight excluding hydrogens is 600 g/mol. The maximum absolute atomic E-state index is 13.9. The van der Waals surface area contributed by atoms with Crippen molar-refractivity contribution in [3.05, 3.63) is 29.7 Å². The van der Waals surface area contributed by atoms with Gasteiger partial charge in [-0.15, -0.1) is 0 Å². The van der Waals surface area contributed by atoms with Gasteiger partial charge in [0, 0.05) is 18.7 Å². The summed E-state index contributed by atoms with van der Waals surface area (Å²) in [4.78, 5) is 57.6. The molecule has 0 radical (unpaired) electrons. The van der Waals surface area contributed by atoms with Crippen molar-refractivity contribution < 1.29 is 51.3 Å². The highest BCUT2D eigenvalue weighted by atomic mass is 19.3. The fourth-order valence-corrected chi connectivity index (χ4v) is 4.59. The number of rotatable bonds is 10. The number of ether oxygens (including phenoxy) is 4. The second-order valence-corrected chi connectivity index (χ2v) is 11.7. The summed E-state index contributed by atoms with van der Waals surface area (Å²) in [5.41, 5.74) is 4.80. The first-order valence-corrected chi connectivity index (χ1v) is 14.3. The van der Waals surface area contributed by atoms with Crippen molar-refractivity contribution in [2.24, 2.45) is 11.7 Å². The zero-order valence-corrected chi connectivity index (χ0v) is 25.6. The summed E-state index contributed by atoms with van der Waals surface area (Å²) in [5, 5.41) is 2.62. The average Bonchev–Trinajstić information content (AvgIpc) is 3.69. The van der Waals surface area contributed by atoms with Crippen molar-refractivity contribution in [2.45, 2.75) is 64.8 Å². The van der Waals surface area contributed by atoms with Crippen molar-refractivity contribution in [1.82, 2.24) is 20.1 Å². The molecule has 1 aromatic heterocycles. The number of hydrogen-bond donors (Lipinski definition) is 2. The third kappa shape index (κ3) is 8.51. The number of nitrogens with two attached hydrogens (primary N) is 1. The zero-order valence-electron chi connectivity index (χ0n) is 25.6. The smallest absolute Gasteiger partial charge is 0.410 e. The van der Waals surface area contributed by atoms with E-state index in [1.165, 1.54) is 23.1 Å². The SMILES string of the molecule is COC(=O)N1CCN(C(=O)c2nc(-c3ccc(OC(F)F)c(OCC4CC4)c3)oc2[C@H](C)NC(=O)OC(C)(C)C)CC1C(N)=O. The number of benzene rings is 1. The van der Waals surface area contributed by atoms with Crippen LogP contribution in [0.2, 0.25) is 0 Å². The first-order valence-electron chi connectivity index (χ1n) is 14.3. The number of carbonyl (C=O) groups excluding carboxylic acids is 4. The summed E-state index contributed by atoms with van der Waals surface area (Å²) in [5.74, 6) is -1.46. The van der Waals surface area contributed by atoms with E-state index >= 15 is 0 Å². The molecule has 1 saturated carbocycles. The van der Waals surface area contributed by atoms with Crippen LogP contribution in [0.15, 0.2) is 22.6 Å². The summed E-state index contributed by atoms with van der Waals surface area (Å²) >= 11 is 0. The first-order chi connectivity index (χ1) is 21.2. The van der Waals surface area contributed by atoms with Crippen LogP contribution in [0.25, 0.3) is 11.5 Å². The van der Waals surface area contributed by atoms with Gasteiger partial charge in [-0.3, -0.25) is 14.5 Å². The van der Waals surface area contributed by atoms with Crippen LogP contribution in [-0.4, -0.2) is 90.4 Å². The Morgan fingerprint density at radius 2 is 1.87 bits per heavy atom. The van der Waals surface area contributed by atoms with Crippen LogP contribution >= 0.6 is 0 Å². The van der Waals surface area contributed by atoms with Gasteiger partial charge < -0.3 is 39.3 Å². The minimum Gasteiger partial charge on any atom is -0.489 e. The Hall–Kier alpha value is -4.63. The Morgan fingerprint density at radius 1 is 1.16 bits per heavy atom. The number of alkyl carbamates (subject to hydrolysis) is 1. The highest BCUT2D eigenvalue weighted by Crippen LogP contribution is 2.37. The Kier molecular flexibility index (Phi) is 10.0. The molecule has 45 heavy (non-hydrogen) atoms. The van der Waals surface area contributed by atoms with Gasteiger partial charge >= 0.3 is 18.8 Å². The molecule has 0 bridgehead atoms. The molecule has 16 heteroatoms. The lowest BCUT2D eigenvalue weighted by Crippen LogP contribution is -2.61. The van der Waals surface area contributed by atoms with E-state index in [1.807, 2.05) is 0 Å². The molecule has 246 valence electrons. The van der Waals surface area contributed by atoms with E-state index in [9.17, 15) is 28.0 Å². The fourth-order valence-electron chi connectivity index (χ4n) is 4.59. The third-order valence-corrected chi connectivity index (χ3v) is 6.97. The van der Waals surface area contributed by atoms with Gasteiger partial charge in [-0.25, -0.2) is 14.6 Å². The Labute approximate surface area is 258 Å². The summed E-state index contributed by atoms with van der Waals surface area (Å²) in [6, 6.07) is 2.00. The van der Waals surface area contributed by atoms with Gasteiger partial charge in [0.25, 0.3) is 5.91 Å². The Balaban J connectivity index is 1.69. The quantitative estimate of drug-likeness (QED) is 0.391. The van der Waals surface area contributed by atoms with Crippen LogP contribution in [0, 0.1) is 5.92 Å². The maximum atomic E-state index is 13.9. The normalized spacial score (nSPS) is 17.5. The monoisotopic (exact) mass is 637 g/mol. The Morgan fingerprint density at radius 3 is 2.47 bits per heavy atom. The topological polar surface area (TPSA) is 176 Å². The minimum absolute atomic E-state index is 0.00599. The highest BCUT2D eigenvalue weighted by Gasteiger charge is 2.39. The molecule has 4 amide bonds. The molecule has 3 N–H and O–H groups in total. The number of methoxy groups -OCH3 is 1. The van der Waals surface area contributed by atoms with Crippen molar-refractivity contribution in [3.8, 4) is 23.0 Å². The molecule has 2 atom stereocenters. The molecule has 1 unspecified atom stereocenters. The van der Waals surface area contributed by atoms with Crippen LogP contribution < -0.4 is 20.5 Å². The molecule has 4 rings (SSSR count). The number of aromatic nitrogens is 1. The van der Waals surface area contributed by atoms with Crippen molar-refractivity contribution in [3.63, 3.8) is 0 Å². The lowest BCUT2D eigenvalue weighted by molar-refractivity contribution is -0.124. The number of primary amides is 1. The average molecular weight is 638 g/mol. The van der Waals surface area contributed by atoms with Crippen LogP contribution in [0.1, 0.15) is 62.8 Å². The number of carbonyl (C=O) groups is 4. The number of halogens is 2. The van der Waals surface area contributed by atoms with Gasteiger partial charge in [-0.2, -0.15) is 8.78 Å². The van der Waals surface area contributed by atoms with Crippen molar-refractivity contribution >= 4 is 24.0 Å². The molecule has 2 aliphatic rings. The van der Waals surface area contributed by atoms with E-state index < -0.39 is 48.3 Å². The maximum Gasteiger partial charge on any atom is 0.410 e. The van der Waals surface area contributed by atoms with Crippen LogP contribution in [0.3, 0.4) is 0 Å². The second kappa shape index (κ2) is 13.6. The standard InChI is InChI=1S/C29H37F2N5O9/c1-15(33-27(39)45-29(2,3)4)22-21(25(38)35-10-11-36(28(40)41-5)18(13-35)23(32)37)34-24(44-22)17-8-9-19(43-26(30)31)20(12-17)42-14-16-6-7-16/h8-9,12,15-16,18,26H,6-7,10-11,13-14H2,1-5H3,(H2,32,37)(H,33,39)/t15-,18?/m0/s1. The highest BCUT2D eigenvalue weighted by molar-refractivity contribution is 5.95. The van der Waals surface area contributed by atoms with E-state index in [0.717, 1.165) is 24.9 Å². The third-order valence-electron chi connectivity index (χ3n) is 6.97. The molecule has 0 spiro atoms. The van der Waals surface area contributed by atoms with E-state index in [1.54, 1.807) is 27.7 Å². The molecule has 1 aliphatic heterocycles. The number of hydrogen-bond acceptors (Lipinski definition) is 10. The minimum atomic E-state index is -3.08. The Bertz CT molecular complexity index is 1420. The second-order valence-electron chi connectivity index (χ2n) is 11.7. The van der Waals surface area contributed by atoms with E-state index in [-0.39, 0.29) is 54.0 Å². The van der Waals surface area contributed by atoms with E-state index in [2.05, 4.69) is 15.0 Å². The number of oxazole rings is 1. The predicted molar refractivity (Wildman–Crippen MR) is 153 cm³/mol. The number of piperazine rings is 1. The summed E-state index contributed by atoms with van der Waals surface area (Å²) in [6.07, 6.45) is 0.374. The molecular formula is C29H37F2N5O9. The van der Waals surface area contributed by atoms with Gasteiger partial charge in [0.1, 0.15) is 11.6 Å².